The van der Waals surface area contributed by atoms with Crippen molar-refractivity contribution in [3.8, 4) is 0 Å². The molecule has 2 heterocycles. The maximum absolute atomic E-state index is 5.50. The number of nitrogens with one attached hydrogen (secondary N) is 3. The van der Waals surface area contributed by atoms with Gasteiger partial charge in [0, 0.05) is 23.6 Å². The lowest BCUT2D eigenvalue weighted by molar-refractivity contribution is -0.937. The predicted molar refractivity (Wildman–Crippen MR) is 99.2 cm³/mol. The quantitative estimate of drug-likeness (QED) is 0.708. The van der Waals surface area contributed by atoms with E-state index < -0.39 is 0 Å². The second-order valence-electron chi connectivity index (χ2n) is 5.81. The van der Waals surface area contributed by atoms with E-state index in [1.54, 1.807) is 0 Å². The number of nitrogens with zero attached hydrogens (tertiary/aromatic N) is 1. The number of benzene rings is 1. The second kappa shape index (κ2) is 8.73. The van der Waals surface area contributed by atoms with Crippen LogP contribution in [0.3, 0.4) is 0 Å². The van der Waals surface area contributed by atoms with E-state index in [0.717, 1.165) is 38.5 Å². The molecule has 1 atom stereocenters. The SMILES string of the molecule is S=C(NCC(c1cccnc1)[NH+]1CCOCC1)Nc1ccccc1. The Morgan fingerprint density at radius 1 is 1.17 bits per heavy atom. The van der Waals surface area contributed by atoms with E-state index in [2.05, 4.69) is 21.7 Å². The van der Waals surface area contributed by atoms with E-state index in [1.165, 1.54) is 10.5 Å². The van der Waals surface area contributed by atoms with Gasteiger partial charge in [0.25, 0.3) is 0 Å². The van der Waals surface area contributed by atoms with Crippen molar-refractivity contribution in [1.82, 2.24) is 10.3 Å². The molecule has 6 heteroatoms. The zero-order valence-corrected chi connectivity index (χ0v) is 14.4. The van der Waals surface area contributed by atoms with Gasteiger partial charge >= 0.3 is 0 Å². The van der Waals surface area contributed by atoms with Gasteiger partial charge in [-0.1, -0.05) is 18.2 Å². The number of morpholine rings is 1. The number of thiocarbonyl (C=S) groups is 1. The Balaban J connectivity index is 1.62. The van der Waals surface area contributed by atoms with E-state index in [9.17, 15) is 0 Å². The smallest absolute Gasteiger partial charge is 0.171 e. The average molecular weight is 343 g/mol. The van der Waals surface area contributed by atoms with Gasteiger partial charge in [-0.2, -0.15) is 0 Å². The van der Waals surface area contributed by atoms with Gasteiger partial charge < -0.3 is 20.3 Å². The van der Waals surface area contributed by atoms with Crippen molar-refractivity contribution >= 4 is 23.0 Å². The summed E-state index contributed by atoms with van der Waals surface area (Å²) in [6.45, 7) is 4.37. The fraction of sp³-hybridized carbons (Fsp3) is 0.333. The number of rotatable bonds is 5. The van der Waals surface area contributed by atoms with Crippen molar-refractivity contribution in [2.45, 2.75) is 6.04 Å². The number of pyridine rings is 1. The van der Waals surface area contributed by atoms with Crippen molar-refractivity contribution in [2.24, 2.45) is 0 Å². The number of aromatic nitrogens is 1. The summed E-state index contributed by atoms with van der Waals surface area (Å²) in [5.41, 5.74) is 2.22. The van der Waals surface area contributed by atoms with Gasteiger partial charge in [0.2, 0.25) is 0 Å². The molecule has 0 bridgehead atoms. The van der Waals surface area contributed by atoms with E-state index >= 15 is 0 Å². The van der Waals surface area contributed by atoms with E-state index in [-0.39, 0.29) is 0 Å². The van der Waals surface area contributed by atoms with E-state index in [1.807, 2.05) is 48.8 Å². The molecule has 126 valence electrons. The molecule has 3 rings (SSSR count). The molecule has 2 aromatic rings. The molecule has 1 aliphatic rings. The molecular formula is C18H23N4OS+. The van der Waals surface area contributed by atoms with Crippen LogP contribution in [0.4, 0.5) is 5.69 Å². The van der Waals surface area contributed by atoms with Gasteiger partial charge in [-0.25, -0.2) is 0 Å². The van der Waals surface area contributed by atoms with Crippen molar-refractivity contribution in [1.29, 1.82) is 0 Å². The molecule has 5 nitrogen and oxygen atoms in total. The van der Waals surface area contributed by atoms with Crippen LogP contribution in [0.25, 0.3) is 0 Å². The highest BCUT2D eigenvalue weighted by molar-refractivity contribution is 7.80. The van der Waals surface area contributed by atoms with E-state index in [4.69, 9.17) is 17.0 Å². The third-order valence-corrected chi connectivity index (χ3v) is 4.46. The molecule has 1 fully saturated rings. The summed E-state index contributed by atoms with van der Waals surface area (Å²) in [6, 6.07) is 14.4. The van der Waals surface area contributed by atoms with Gasteiger partial charge in [-0.3, -0.25) is 4.98 Å². The molecule has 1 aliphatic heterocycles. The third-order valence-electron chi connectivity index (χ3n) is 4.21. The molecule has 1 saturated heterocycles. The highest BCUT2D eigenvalue weighted by Crippen LogP contribution is 2.08. The molecular weight excluding hydrogens is 320 g/mol. The summed E-state index contributed by atoms with van der Waals surface area (Å²) < 4.78 is 5.50. The van der Waals surface area contributed by atoms with Crippen LogP contribution in [0.1, 0.15) is 11.6 Å². The van der Waals surface area contributed by atoms with Crippen molar-refractivity contribution < 1.29 is 9.64 Å². The lowest BCUT2D eigenvalue weighted by atomic mass is 10.1. The minimum Gasteiger partial charge on any atom is -0.370 e. The first-order chi connectivity index (χ1) is 11.8. The summed E-state index contributed by atoms with van der Waals surface area (Å²) in [4.78, 5) is 5.78. The summed E-state index contributed by atoms with van der Waals surface area (Å²) in [5.74, 6) is 0. The number of ether oxygens (including phenoxy) is 1. The maximum Gasteiger partial charge on any atom is 0.171 e. The lowest BCUT2D eigenvalue weighted by Crippen LogP contribution is -3.15. The molecule has 3 N–H and O–H groups in total. The van der Waals surface area contributed by atoms with Crippen LogP contribution in [0.15, 0.2) is 54.9 Å². The Labute approximate surface area is 148 Å². The normalized spacial score (nSPS) is 16.3. The van der Waals surface area contributed by atoms with Crippen molar-refractivity contribution in [3.63, 3.8) is 0 Å². The Morgan fingerprint density at radius 2 is 1.96 bits per heavy atom. The largest absolute Gasteiger partial charge is 0.370 e. The number of hydrogen-bond donors (Lipinski definition) is 3. The van der Waals surface area contributed by atoms with E-state index in [0.29, 0.717) is 11.2 Å². The number of anilines is 1. The molecule has 0 saturated carbocycles. The Hall–Kier alpha value is -2.02. The van der Waals surface area contributed by atoms with Crippen molar-refractivity contribution in [2.75, 3.05) is 38.2 Å². The van der Waals surface area contributed by atoms with Crippen LogP contribution < -0.4 is 15.5 Å². The lowest BCUT2D eigenvalue weighted by Gasteiger charge is -2.32. The minimum absolute atomic E-state index is 0.304. The first kappa shape index (κ1) is 16.8. The predicted octanol–water partition coefficient (Wildman–Crippen LogP) is 1.02. The molecule has 24 heavy (non-hydrogen) atoms. The first-order valence-corrected chi connectivity index (χ1v) is 8.66. The van der Waals surface area contributed by atoms with Crippen LogP contribution in [0, 0.1) is 0 Å². The van der Waals surface area contributed by atoms with Crippen LogP contribution >= 0.6 is 12.2 Å². The van der Waals surface area contributed by atoms with Gasteiger partial charge in [-0.15, -0.1) is 0 Å². The van der Waals surface area contributed by atoms with Gasteiger partial charge in [0.05, 0.1) is 19.8 Å². The molecule has 0 amide bonds. The number of quaternary nitrogens is 1. The first-order valence-electron chi connectivity index (χ1n) is 8.25. The molecule has 1 aromatic heterocycles. The standard InChI is InChI=1S/C18H22N4OS/c24-18(21-16-6-2-1-3-7-16)20-14-17(15-5-4-8-19-13-15)22-9-11-23-12-10-22/h1-8,13,17H,9-12,14H2,(H2,20,21,24)/p+1. The van der Waals surface area contributed by atoms with Gasteiger partial charge in [0.15, 0.2) is 5.11 Å². The Kier molecular flexibility index (Phi) is 6.12. The molecule has 0 spiro atoms. The van der Waals surface area contributed by atoms with Crippen LogP contribution in [-0.2, 0) is 4.74 Å². The zero-order valence-electron chi connectivity index (χ0n) is 13.6. The van der Waals surface area contributed by atoms with Crippen LogP contribution in [-0.4, -0.2) is 42.9 Å². The second-order valence-corrected chi connectivity index (χ2v) is 6.22. The number of hydrogen-bond acceptors (Lipinski definition) is 3. The fourth-order valence-corrected chi connectivity index (χ4v) is 3.15. The molecule has 0 aliphatic carbocycles. The highest BCUT2D eigenvalue weighted by atomic mass is 32.1. The summed E-state index contributed by atoms with van der Waals surface area (Å²) in [5, 5.41) is 7.22. The van der Waals surface area contributed by atoms with Crippen LogP contribution in [0.2, 0.25) is 0 Å². The van der Waals surface area contributed by atoms with Gasteiger partial charge in [0.1, 0.15) is 19.1 Å². The van der Waals surface area contributed by atoms with Crippen molar-refractivity contribution in [3.05, 3.63) is 60.4 Å². The zero-order chi connectivity index (χ0) is 16.6. The molecule has 1 unspecified atom stereocenters. The number of para-hydroxylation sites is 1. The van der Waals surface area contributed by atoms with Crippen LogP contribution in [0.5, 0.6) is 0 Å². The topological polar surface area (TPSA) is 50.6 Å². The highest BCUT2D eigenvalue weighted by Gasteiger charge is 2.26. The Morgan fingerprint density at radius 3 is 2.67 bits per heavy atom. The summed E-state index contributed by atoms with van der Waals surface area (Å²) >= 11 is 5.43. The minimum atomic E-state index is 0.304. The maximum atomic E-state index is 5.50. The Bertz CT molecular complexity index is 632. The average Bonchev–Trinajstić information content (AvgIpc) is 2.64. The van der Waals surface area contributed by atoms with Gasteiger partial charge in [-0.05, 0) is 36.5 Å². The summed E-state index contributed by atoms with van der Waals surface area (Å²) in [7, 11) is 0. The third kappa shape index (κ3) is 4.74. The monoisotopic (exact) mass is 343 g/mol. The molecule has 1 aromatic carbocycles. The summed E-state index contributed by atoms with van der Waals surface area (Å²) in [6.07, 6.45) is 3.76. The molecule has 0 radical (unpaired) electrons. The fourth-order valence-electron chi connectivity index (χ4n) is 2.95.